The predicted molar refractivity (Wildman–Crippen MR) is 55.0 cm³/mol. The smallest absolute Gasteiger partial charge is 0.169 e. The fourth-order valence-corrected chi connectivity index (χ4v) is 1.63. The fourth-order valence-electron chi connectivity index (χ4n) is 1.63. The molecule has 0 bridgehead atoms. The second kappa shape index (κ2) is 3.33. The molecule has 3 heteroatoms. The largest absolute Gasteiger partial charge is 0.497 e. The average molecular weight is 191 g/mol. The van der Waals surface area contributed by atoms with Gasteiger partial charge >= 0.3 is 0 Å². The number of ether oxygens (including phenoxy) is 1. The number of carbonyl (C=O) groups excluding carboxylic acids is 1. The van der Waals surface area contributed by atoms with Crippen molar-refractivity contribution >= 4 is 11.5 Å². The summed E-state index contributed by atoms with van der Waals surface area (Å²) in [7, 11) is 1.62. The van der Waals surface area contributed by atoms with Crippen molar-refractivity contribution in [3.05, 3.63) is 23.8 Å². The molecule has 0 spiro atoms. The van der Waals surface area contributed by atoms with Gasteiger partial charge in [0.2, 0.25) is 0 Å². The molecule has 3 nitrogen and oxygen atoms in total. The van der Waals surface area contributed by atoms with Gasteiger partial charge in [-0.1, -0.05) is 6.92 Å². The number of rotatable bonds is 1. The normalized spacial score (nSPS) is 19.9. The van der Waals surface area contributed by atoms with Crippen molar-refractivity contribution < 1.29 is 9.53 Å². The van der Waals surface area contributed by atoms with Gasteiger partial charge in [0.05, 0.1) is 7.11 Å². The van der Waals surface area contributed by atoms with Crippen LogP contribution in [-0.2, 0) is 0 Å². The van der Waals surface area contributed by atoms with E-state index in [1.54, 1.807) is 7.11 Å². The lowest BCUT2D eigenvalue weighted by atomic mass is 9.94. The van der Waals surface area contributed by atoms with E-state index < -0.39 is 0 Å². The first-order valence-corrected chi connectivity index (χ1v) is 4.68. The van der Waals surface area contributed by atoms with Crippen LogP contribution >= 0.6 is 0 Å². The number of hydrogen-bond acceptors (Lipinski definition) is 3. The van der Waals surface area contributed by atoms with Gasteiger partial charge in [-0.25, -0.2) is 0 Å². The van der Waals surface area contributed by atoms with Gasteiger partial charge in [0.15, 0.2) is 5.78 Å². The average Bonchev–Trinajstić information content (AvgIpc) is 2.23. The summed E-state index contributed by atoms with van der Waals surface area (Å²) in [5, 5.41) is 3.22. The van der Waals surface area contributed by atoms with E-state index in [0.717, 1.165) is 17.0 Å². The van der Waals surface area contributed by atoms with Crippen molar-refractivity contribution in [1.82, 2.24) is 0 Å². The third-order valence-electron chi connectivity index (χ3n) is 2.54. The summed E-state index contributed by atoms with van der Waals surface area (Å²) >= 11 is 0. The number of carbonyl (C=O) groups is 1. The molecule has 0 fully saturated rings. The molecule has 1 aromatic carbocycles. The number of anilines is 1. The molecule has 1 aromatic rings. The first-order valence-electron chi connectivity index (χ1n) is 4.68. The molecule has 14 heavy (non-hydrogen) atoms. The minimum absolute atomic E-state index is 0.0656. The van der Waals surface area contributed by atoms with Crippen molar-refractivity contribution in [3.8, 4) is 5.75 Å². The van der Waals surface area contributed by atoms with Gasteiger partial charge < -0.3 is 10.1 Å². The van der Waals surface area contributed by atoms with Crippen LogP contribution in [0.4, 0.5) is 5.69 Å². The molecule has 0 radical (unpaired) electrons. The highest BCUT2D eigenvalue weighted by atomic mass is 16.5. The van der Waals surface area contributed by atoms with E-state index in [1.165, 1.54) is 0 Å². The predicted octanol–water partition coefficient (Wildman–Crippen LogP) is 1.94. The Morgan fingerprint density at radius 3 is 3.00 bits per heavy atom. The molecule has 0 aromatic heterocycles. The lowest BCUT2D eigenvalue weighted by molar-refractivity contribution is 0.0932. The summed E-state index contributed by atoms with van der Waals surface area (Å²) in [6.07, 6.45) is 0. The van der Waals surface area contributed by atoms with Gasteiger partial charge in [0.25, 0.3) is 0 Å². The highest BCUT2D eigenvalue weighted by Gasteiger charge is 2.23. The fraction of sp³-hybridized carbons (Fsp3) is 0.364. The lowest BCUT2D eigenvalue weighted by Gasteiger charge is -2.22. The van der Waals surface area contributed by atoms with E-state index in [9.17, 15) is 4.79 Å². The van der Waals surface area contributed by atoms with Crippen molar-refractivity contribution in [2.24, 2.45) is 5.92 Å². The number of hydrogen-bond donors (Lipinski definition) is 1. The molecule has 0 saturated carbocycles. The Labute approximate surface area is 83.1 Å². The SMILES string of the molecule is COc1ccc2c(c1)NCC(C)C2=O. The number of ketones is 1. The second-order valence-corrected chi connectivity index (χ2v) is 3.56. The van der Waals surface area contributed by atoms with E-state index in [0.29, 0.717) is 6.54 Å². The third-order valence-corrected chi connectivity index (χ3v) is 2.54. The van der Waals surface area contributed by atoms with Crippen molar-refractivity contribution in [2.75, 3.05) is 19.0 Å². The van der Waals surface area contributed by atoms with Gasteiger partial charge in [0.1, 0.15) is 5.75 Å². The first kappa shape index (κ1) is 9.06. The van der Waals surface area contributed by atoms with Crippen molar-refractivity contribution in [1.29, 1.82) is 0 Å². The molecule has 1 aliphatic rings. The molecule has 0 amide bonds. The third kappa shape index (κ3) is 1.35. The number of benzene rings is 1. The molecule has 1 heterocycles. The maximum Gasteiger partial charge on any atom is 0.169 e. The molecule has 1 atom stereocenters. The standard InChI is InChI=1S/C11H13NO2/c1-7-6-12-10-5-8(14-2)3-4-9(10)11(7)13/h3-5,7,12H,6H2,1-2H3. The number of nitrogens with one attached hydrogen (secondary N) is 1. The molecule has 0 aliphatic carbocycles. The highest BCUT2D eigenvalue weighted by molar-refractivity contribution is 6.04. The minimum atomic E-state index is 0.0656. The Hall–Kier alpha value is -1.51. The van der Waals surface area contributed by atoms with E-state index >= 15 is 0 Å². The van der Waals surface area contributed by atoms with Crippen LogP contribution in [0.2, 0.25) is 0 Å². The van der Waals surface area contributed by atoms with E-state index in [-0.39, 0.29) is 11.7 Å². The van der Waals surface area contributed by atoms with Crippen LogP contribution < -0.4 is 10.1 Å². The summed E-state index contributed by atoms with van der Waals surface area (Å²) in [6.45, 7) is 2.64. The Balaban J connectivity index is 2.44. The molecular weight excluding hydrogens is 178 g/mol. The van der Waals surface area contributed by atoms with Crippen LogP contribution in [0.3, 0.4) is 0 Å². The van der Waals surface area contributed by atoms with Crippen LogP contribution in [-0.4, -0.2) is 19.4 Å². The lowest BCUT2D eigenvalue weighted by Crippen LogP contribution is -2.27. The van der Waals surface area contributed by atoms with Gasteiger partial charge in [-0.2, -0.15) is 0 Å². The van der Waals surface area contributed by atoms with Crippen LogP contribution in [0.25, 0.3) is 0 Å². The Morgan fingerprint density at radius 1 is 1.50 bits per heavy atom. The summed E-state index contributed by atoms with van der Waals surface area (Å²) < 4.78 is 5.09. The Bertz CT molecular complexity index is 374. The van der Waals surface area contributed by atoms with Gasteiger partial charge in [0, 0.05) is 29.8 Å². The van der Waals surface area contributed by atoms with E-state index in [2.05, 4.69) is 5.32 Å². The van der Waals surface area contributed by atoms with Gasteiger partial charge in [-0.3, -0.25) is 4.79 Å². The quantitative estimate of drug-likeness (QED) is 0.737. The summed E-state index contributed by atoms with van der Waals surface area (Å²) in [4.78, 5) is 11.7. The maximum atomic E-state index is 11.7. The second-order valence-electron chi connectivity index (χ2n) is 3.56. The van der Waals surface area contributed by atoms with Gasteiger partial charge in [-0.15, -0.1) is 0 Å². The molecule has 0 saturated heterocycles. The molecule has 1 aliphatic heterocycles. The maximum absolute atomic E-state index is 11.7. The van der Waals surface area contributed by atoms with Crippen LogP contribution in [0.1, 0.15) is 17.3 Å². The number of Topliss-reactive ketones (excluding diaryl/α,β-unsaturated/α-hetero) is 1. The molecule has 2 rings (SSSR count). The zero-order chi connectivity index (χ0) is 10.1. The molecule has 1 N–H and O–H groups in total. The zero-order valence-electron chi connectivity index (χ0n) is 8.33. The minimum Gasteiger partial charge on any atom is -0.497 e. The van der Waals surface area contributed by atoms with Crippen molar-refractivity contribution in [3.63, 3.8) is 0 Å². The number of fused-ring (bicyclic) bond motifs is 1. The van der Waals surface area contributed by atoms with E-state index in [4.69, 9.17) is 4.74 Å². The number of methoxy groups -OCH3 is 1. The molecule has 1 unspecified atom stereocenters. The Morgan fingerprint density at radius 2 is 2.29 bits per heavy atom. The summed E-state index contributed by atoms with van der Waals surface area (Å²) in [6, 6.07) is 5.49. The molecule has 74 valence electrons. The molecular formula is C11H13NO2. The monoisotopic (exact) mass is 191 g/mol. The summed E-state index contributed by atoms with van der Waals surface area (Å²) in [5.41, 5.74) is 1.65. The van der Waals surface area contributed by atoms with Crippen LogP contribution in [0.15, 0.2) is 18.2 Å². The topological polar surface area (TPSA) is 38.3 Å². The van der Waals surface area contributed by atoms with Crippen LogP contribution in [0.5, 0.6) is 5.75 Å². The highest BCUT2D eigenvalue weighted by Crippen LogP contribution is 2.28. The van der Waals surface area contributed by atoms with E-state index in [1.807, 2.05) is 25.1 Å². The van der Waals surface area contributed by atoms with Gasteiger partial charge in [-0.05, 0) is 12.1 Å². The van der Waals surface area contributed by atoms with Crippen molar-refractivity contribution in [2.45, 2.75) is 6.92 Å². The Kier molecular flexibility index (Phi) is 2.15. The zero-order valence-corrected chi connectivity index (χ0v) is 8.33. The first-order chi connectivity index (χ1) is 6.72. The van der Waals surface area contributed by atoms with Crippen LogP contribution in [0, 0.1) is 5.92 Å². The summed E-state index contributed by atoms with van der Waals surface area (Å²) in [5.74, 6) is 1.05.